The molecule has 88 valence electrons. The van der Waals surface area contributed by atoms with E-state index in [4.69, 9.17) is 4.74 Å². The SMILES string of the molecule is CCC1CN(c2cc(=O)[nH]c(C)n2)CCO1. The first-order valence-electron chi connectivity index (χ1n) is 5.63. The monoisotopic (exact) mass is 223 g/mol. The van der Waals surface area contributed by atoms with Gasteiger partial charge in [-0.15, -0.1) is 0 Å². The second-order valence-corrected chi connectivity index (χ2v) is 4.04. The zero-order valence-corrected chi connectivity index (χ0v) is 9.69. The van der Waals surface area contributed by atoms with Gasteiger partial charge in [0.15, 0.2) is 0 Å². The molecule has 0 saturated carbocycles. The van der Waals surface area contributed by atoms with Crippen LogP contribution in [0.2, 0.25) is 0 Å². The summed E-state index contributed by atoms with van der Waals surface area (Å²) in [5.41, 5.74) is -0.0953. The minimum atomic E-state index is -0.0953. The average Bonchev–Trinajstić information content (AvgIpc) is 2.28. The van der Waals surface area contributed by atoms with E-state index in [-0.39, 0.29) is 11.7 Å². The second kappa shape index (κ2) is 4.65. The van der Waals surface area contributed by atoms with Gasteiger partial charge in [-0.2, -0.15) is 0 Å². The molecule has 5 nitrogen and oxygen atoms in total. The van der Waals surface area contributed by atoms with Gasteiger partial charge in [0, 0.05) is 19.2 Å². The third-order valence-corrected chi connectivity index (χ3v) is 2.76. The van der Waals surface area contributed by atoms with Crippen LogP contribution in [0.15, 0.2) is 10.9 Å². The van der Waals surface area contributed by atoms with Gasteiger partial charge in [0.25, 0.3) is 5.56 Å². The lowest BCUT2D eigenvalue weighted by atomic mass is 10.2. The summed E-state index contributed by atoms with van der Waals surface area (Å²) < 4.78 is 5.58. The smallest absolute Gasteiger partial charge is 0.252 e. The number of rotatable bonds is 2. The van der Waals surface area contributed by atoms with Crippen LogP contribution < -0.4 is 10.5 Å². The molecule has 0 aliphatic carbocycles. The number of hydrogen-bond acceptors (Lipinski definition) is 4. The molecule has 1 N–H and O–H groups in total. The number of hydrogen-bond donors (Lipinski definition) is 1. The first-order chi connectivity index (χ1) is 7.69. The van der Waals surface area contributed by atoms with E-state index in [0.717, 1.165) is 25.3 Å². The van der Waals surface area contributed by atoms with Crippen molar-refractivity contribution >= 4 is 5.82 Å². The lowest BCUT2D eigenvalue weighted by Crippen LogP contribution is -2.43. The Kier molecular flexibility index (Phi) is 3.24. The highest BCUT2D eigenvalue weighted by atomic mass is 16.5. The van der Waals surface area contributed by atoms with E-state index in [1.165, 1.54) is 0 Å². The van der Waals surface area contributed by atoms with E-state index in [9.17, 15) is 4.79 Å². The van der Waals surface area contributed by atoms with Gasteiger partial charge in [0.1, 0.15) is 11.6 Å². The molecule has 0 amide bonds. The fourth-order valence-corrected chi connectivity index (χ4v) is 1.90. The molecule has 1 aliphatic heterocycles. The quantitative estimate of drug-likeness (QED) is 0.801. The maximum Gasteiger partial charge on any atom is 0.252 e. The predicted octanol–water partition coefficient (Wildman–Crippen LogP) is 0.694. The maximum absolute atomic E-state index is 11.4. The fourth-order valence-electron chi connectivity index (χ4n) is 1.90. The number of aromatic amines is 1. The Balaban J connectivity index is 2.19. The van der Waals surface area contributed by atoms with Crippen LogP contribution in [-0.2, 0) is 4.74 Å². The van der Waals surface area contributed by atoms with Crippen molar-refractivity contribution < 1.29 is 4.74 Å². The highest BCUT2D eigenvalue weighted by Gasteiger charge is 2.20. The van der Waals surface area contributed by atoms with Crippen molar-refractivity contribution in [1.29, 1.82) is 0 Å². The van der Waals surface area contributed by atoms with Crippen molar-refractivity contribution in [3.8, 4) is 0 Å². The Labute approximate surface area is 94.5 Å². The van der Waals surface area contributed by atoms with E-state index in [1.807, 2.05) is 0 Å². The third kappa shape index (κ3) is 2.41. The average molecular weight is 223 g/mol. The maximum atomic E-state index is 11.4. The number of H-pyrrole nitrogens is 1. The van der Waals surface area contributed by atoms with Gasteiger partial charge in [-0.1, -0.05) is 6.92 Å². The minimum absolute atomic E-state index is 0.0953. The molecule has 1 aromatic rings. The number of nitrogens with one attached hydrogen (secondary N) is 1. The summed E-state index contributed by atoms with van der Waals surface area (Å²) in [5.74, 6) is 1.41. The molecule has 5 heteroatoms. The Morgan fingerprint density at radius 3 is 3.19 bits per heavy atom. The zero-order chi connectivity index (χ0) is 11.5. The zero-order valence-electron chi connectivity index (χ0n) is 9.69. The van der Waals surface area contributed by atoms with Gasteiger partial charge in [-0.25, -0.2) is 4.98 Å². The van der Waals surface area contributed by atoms with Gasteiger partial charge in [-0.05, 0) is 13.3 Å². The summed E-state index contributed by atoms with van der Waals surface area (Å²) in [6.07, 6.45) is 1.23. The fraction of sp³-hybridized carbons (Fsp3) is 0.636. The van der Waals surface area contributed by atoms with E-state index < -0.39 is 0 Å². The van der Waals surface area contributed by atoms with Crippen molar-refractivity contribution in [2.75, 3.05) is 24.6 Å². The van der Waals surface area contributed by atoms with Crippen LogP contribution in [0.25, 0.3) is 0 Å². The molecule has 1 saturated heterocycles. The van der Waals surface area contributed by atoms with Crippen LogP contribution in [0.5, 0.6) is 0 Å². The molecule has 2 rings (SSSR count). The predicted molar refractivity (Wildman–Crippen MR) is 61.8 cm³/mol. The summed E-state index contributed by atoms with van der Waals surface area (Å²) in [5, 5.41) is 0. The van der Waals surface area contributed by atoms with Gasteiger partial charge < -0.3 is 14.6 Å². The Morgan fingerprint density at radius 1 is 1.69 bits per heavy atom. The number of aromatic nitrogens is 2. The molecule has 0 spiro atoms. The van der Waals surface area contributed by atoms with Crippen LogP contribution in [0.4, 0.5) is 5.82 Å². The van der Waals surface area contributed by atoms with Gasteiger partial charge >= 0.3 is 0 Å². The topological polar surface area (TPSA) is 58.2 Å². The summed E-state index contributed by atoms with van der Waals surface area (Å²) in [6, 6.07) is 1.55. The van der Waals surface area contributed by atoms with Gasteiger partial charge in [-0.3, -0.25) is 4.79 Å². The number of morpholine rings is 1. The lowest BCUT2D eigenvalue weighted by molar-refractivity contribution is 0.0381. The van der Waals surface area contributed by atoms with E-state index in [1.54, 1.807) is 13.0 Å². The van der Waals surface area contributed by atoms with Crippen LogP contribution in [0, 0.1) is 6.92 Å². The van der Waals surface area contributed by atoms with Crippen LogP contribution in [-0.4, -0.2) is 35.8 Å². The van der Waals surface area contributed by atoms with Crippen molar-refractivity contribution in [3.05, 3.63) is 22.2 Å². The molecule has 0 bridgehead atoms. The van der Waals surface area contributed by atoms with Gasteiger partial charge in [0.2, 0.25) is 0 Å². The van der Waals surface area contributed by atoms with Crippen LogP contribution in [0.1, 0.15) is 19.2 Å². The normalized spacial score (nSPS) is 21.1. The largest absolute Gasteiger partial charge is 0.375 e. The number of anilines is 1. The van der Waals surface area contributed by atoms with Gasteiger partial charge in [0.05, 0.1) is 12.7 Å². The molecule has 0 aromatic carbocycles. The number of ether oxygens (including phenoxy) is 1. The van der Waals surface area contributed by atoms with Crippen molar-refractivity contribution in [2.24, 2.45) is 0 Å². The molecule has 1 aromatic heterocycles. The van der Waals surface area contributed by atoms with Crippen LogP contribution >= 0.6 is 0 Å². The molecule has 1 aliphatic rings. The minimum Gasteiger partial charge on any atom is -0.375 e. The first-order valence-corrected chi connectivity index (χ1v) is 5.63. The van der Waals surface area contributed by atoms with Crippen molar-refractivity contribution in [2.45, 2.75) is 26.4 Å². The molecule has 1 fully saturated rings. The number of nitrogens with zero attached hydrogens (tertiary/aromatic N) is 2. The second-order valence-electron chi connectivity index (χ2n) is 4.04. The Morgan fingerprint density at radius 2 is 2.50 bits per heavy atom. The molecular weight excluding hydrogens is 206 g/mol. The number of aryl methyl sites for hydroxylation is 1. The summed E-state index contributed by atoms with van der Waals surface area (Å²) >= 11 is 0. The van der Waals surface area contributed by atoms with Crippen molar-refractivity contribution in [1.82, 2.24) is 9.97 Å². The standard InChI is InChI=1S/C11H17N3O2/c1-3-9-7-14(4-5-16-9)10-6-11(15)13-8(2)12-10/h6,9H,3-5,7H2,1-2H3,(H,12,13,15). The summed E-state index contributed by atoms with van der Waals surface area (Å²) in [7, 11) is 0. The van der Waals surface area contributed by atoms with Crippen molar-refractivity contribution in [3.63, 3.8) is 0 Å². The molecule has 1 unspecified atom stereocenters. The Bertz CT molecular complexity index is 416. The first kappa shape index (κ1) is 11.1. The molecular formula is C11H17N3O2. The lowest BCUT2D eigenvalue weighted by Gasteiger charge is -2.33. The third-order valence-electron chi connectivity index (χ3n) is 2.76. The molecule has 16 heavy (non-hydrogen) atoms. The molecule has 0 radical (unpaired) electrons. The summed E-state index contributed by atoms with van der Waals surface area (Å²) in [4.78, 5) is 20.5. The molecule has 1 atom stereocenters. The highest BCUT2D eigenvalue weighted by Crippen LogP contribution is 2.14. The summed E-state index contributed by atoms with van der Waals surface area (Å²) in [6.45, 7) is 6.21. The molecule has 2 heterocycles. The Hall–Kier alpha value is -1.36. The van der Waals surface area contributed by atoms with E-state index in [0.29, 0.717) is 12.4 Å². The van der Waals surface area contributed by atoms with E-state index in [2.05, 4.69) is 21.8 Å². The van der Waals surface area contributed by atoms with E-state index >= 15 is 0 Å². The highest BCUT2D eigenvalue weighted by molar-refractivity contribution is 5.38. The van der Waals surface area contributed by atoms with Crippen LogP contribution in [0.3, 0.4) is 0 Å².